The van der Waals surface area contributed by atoms with Crippen molar-refractivity contribution in [3.8, 4) is 0 Å². The summed E-state index contributed by atoms with van der Waals surface area (Å²) in [7, 11) is 0. The van der Waals surface area contributed by atoms with Crippen molar-refractivity contribution in [1.29, 1.82) is 0 Å². The van der Waals surface area contributed by atoms with E-state index in [-0.39, 0.29) is 5.38 Å². The zero-order valence-electron chi connectivity index (χ0n) is 12.5. The van der Waals surface area contributed by atoms with E-state index in [0.717, 1.165) is 17.8 Å². The fourth-order valence-corrected chi connectivity index (χ4v) is 3.70. The number of aromatic nitrogens is 2. The standard InChI is InChI=1S/C17H19ClN2S/c1-11-5-4-6-15-16(11)19-17(13(3)18)20(15)12(2)9-14-7-8-21-10-14/h4-8,10,12-13H,9H2,1-3H3. The van der Waals surface area contributed by atoms with Crippen LogP contribution >= 0.6 is 22.9 Å². The van der Waals surface area contributed by atoms with E-state index in [1.165, 1.54) is 16.6 Å². The van der Waals surface area contributed by atoms with E-state index in [1.54, 1.807) is 11.3 Å². The van der Waals surface area contributed by atoms with Gasteiger partial charge >= 0.3 is 0 Å². The quantitative estimate of drug-likeness (QED) is 0.580. The number of benzene rings is 1. The molecule has 3 rings (SSSR count). The van der Waals surface area contributed by atoms with Crippen LogP contribution in [0.4, 0.5) is 0 Å². The molecule has 4 heteroatoms. The predicted molar refractivity (Wildman–Crippen MR) is 91.5 cm³/mol. The van der Waals surface area contributed by atoms with Crippen LogP contribution in [0, 0.1) is 6.92 Å². The topological polar surface area (TPSA) is 17.8 Å². The van der Waals surface area contributed by atoms with Gasteiger partial charge in [0.1, 0.15) is 5.82 Å². The van der Waals surface area contributed by atoms with Crippen molar-refractivity contribution in [2.24, 2.45) is 0 Å². The molecule has 2 nitrogen and oxygen atoms in total. The molecular weight excluding hydrogens is 300 g/mol. The van der Waals surface area contributed by atoms with Gasteiger partial charge < -0.3 is 4.57 Å². The van der Waals surface area contributed by atoms with Gasteiger partial charge in [-0.3, -0.25) is 0 Å². The molecule has 2 atom stereocenters. The molecule has 0 N–H and O–H groups in total. The third-order valence-corrected chi connectivity index (χ3v) is 4.78. The monoisotopic (exact) mass is 318 g/mol. The maximum absolute atomic E-state index is 6.38. The summed E-state index contributed by atoms with van der Waals surface area (Å²) in [6.07, 6.45) is 1.000. The molecule has 0 aliphatic rings. The molecule has 0 saturated carbocycles. The number of halogens is 1. The smallest absolute Gasteiger partial charge is 0.127 e. The van der Waals surface area contributed by atoms with Gasteiger partial charge in [0, 0.05) is 6.04 Å². The van der Waals surface area contributed by atoms with Crippen molar-refractivity contribution in [2.45, 2.75) is 38.6 Å². The van der Waals surface area contributed by atoms with Crippen LogP contribution in [0.3, 0.4) is 0 Å². The summed E-state index contributed by atoms with van der Waals surface area (Å²) in [5, 5.41) is 4.25. The van der Waals surface area contributed by atoms with Crippen molar-refractivity contribution >= 4 is 34.0 Å². The van der Waals surface area contributed by atoms with Crippen LogP contribution in [0.15, 0.2) is 35.0 Å². The van der Waals surface area contributed by atoms with Gasteiger partial charge in [0.05, 0.1) is 16.4 Å². The second kappa shape index (κ2) is 5.82. The molecule has 0 spiro atoms. The first-order valence-electron chi connectivity index (χ1n) is 7.20. The minimum Gasteiger partial charge on any atom is -0.324 e. The fourth-order valence-electron chi connectivity index (χ4n) is 2.86. The van der Waals surface area contributed by atoms with Gasteiger partial charge in [0.15, 0.2) is 0 Å². The molecule has 0 aliphatic heterocycles. The molecule has 0 bridgehead atoms. The molecule has 2 aromatic heterocycles. The number of nitrogens with zero attached hydrogens (tertiary/aromatic N) is 2. The van der Waals surface area contributed by atoms with Gasteiger partial charge in [-0.15, -0.1) is 11.6 Å². The molecule has 0 aliphatic carbocycles. The summed E-state index contributed by atoms with van der Waals surface area (Å²) in [6, 6.07) is 8.86. The van der Waals surface area contributed by atoms with E-state index < -0.39 is 0 Å². The Morgan fingerprint density at radius 3 is 2.76 bits per heavy atom. The van der Waals surface area contributed by atoms with Crippen LogP contribution in [0.2, 0.25) is 0 Å². The van der Waals surface area contributed by atoms with Crippen LogP contribution in [0.5, 0.6) is 0 Å². The molecule has 1 aromatic carbocycles. The maximum Gasteiger partial charge on any atom is 0.127 e. The first-order valence-corrected chi connectivity index (χ1v) is 8.58. The van der Waals surface area contributed by atoms with Crippen LogP contribution in [-0.4, -0.2) is 9.55 Å². The highest BCUT2D eigenvalue weighted by Gasteiger charge is 2.20. The molecule has 0 fully saturated rings. The van der Waals surface area contributed by atoms with Crippen molar-refractivity contribution in [3.63, 3.8) is 0 Å². The minimum absolute atomic E-state index is 0.0956. The van der Waals surface area contributed by atoms with Gasteiger partial charge in [0.2, 0.25) is 0 Å². The van der Waals surface area contributed by atoms with Crippen LogP contribution < -0.4 is 0 Å². The summed E-state index contributed by atoms with van der Waals surface area (Å²) in [6.45, 7) is 6.34. The fraction of sp³-hybridized carbons (Fsp3) is 0.353. The zero-order valence-corrected chi connectivity index (χ0v) is 14.1. The van der Waals surface area contributed by atoms with Crippen molar-refractivity contribution in [2.75, 3.05) is 0 Å². The Hall–Kier alpha value is -1.32. The van der Waals surface area contributed by atoms with Gasteiger partial charge in [-0.1, -0.05) is 12.1 Å². The van der Waals surface area contributed by atoms with Gasteiger partial charge in [-0.2, -0.15) is 11.3 Å². The molecule has 21 heavy (non-hydrogen) atoms. The first-order chi connectivity index (χ1) is 10.1. The van der Waals surface area contributed by atoms with E-state index in [2.05, 4.69) is 53.4 Å². The van der Waals surface area contributed by atoms with Crippen LogP contribution in [0.1, 0.15) is 42.2 Å². The zero-order chi connectivity index (χ0) is 15.0. The van der Waals surface area contributed by atoms with E-state index in [9.17, 15) is 0 Å². The SMILES string of the molecule is Cc1cccc2c1nc(C(C)Cl)n2C(C)Cc1ccsc1. The number of hydrogen-bond acceptors (Lipinski definition) is 2. The molecule has 3 aromatic rings. The lowest BCUT2D eigenvalue weighted by Gasteiger charge is -2.18. The van der Waals surface area contributed by atoms with E-state index in [1.807, 2.05) is 6.92 Å². The Balaban J connectivity index is 2.10. The number of alkyl halides is 1. The molecule has 2 heterocycles. The Morgan fingerprint density at radius 2 is 2.10 bits per heavy atom. The summed E-state index contributed by atoms with van der Waals surface area (Å²) in [5.41, 5.74) is 4.82. The highest BCUT2D eigenvalue weighted by Crippen LogP contribution is 2.31. The molecule has 2 unspecified atom stereocenters. The average molecular weight is 319 g/mol. The van der Waals surface area contributed by atoms with Gasteiger partial charge in [-0.25, -0.2) is 4.98 Å². The van der Waals surface area contributed by atoms with Crippen molar-refractivity contribution < 1.29 is 0 Å². The Kier molecular flexibility index (Phi) is 4.05. The lowest BCUT2D eigenvalue weighted by atomic mass is 10.1. The molecular formula is C17H19ClN2S. The number of thiophene rings is 1. The van der Waals surface area contributed by atoms with Gasteiger partial charge in [0.25, 0.3) is 0 Å². The number of aryl methyl sites for hydroxylation is 1. The summed E-state index contributed by atoms with van der Waals surface area (Å²) < 4.78 is 2.30. The van der Waals surface area contributed by atoms with Crippen LogP contribution in [0.25, 0.3) is 11.0 Å². The summed E-state index contributed by atoms with van der Waals surface area (Å²) in [4.78, 5) is 4.80. The Bertz CT molecular complexity index is 744. The van der Waals surface area contributed by atoms with Gasteiger partial charge in [-0.05, 0) is 61.2 Å². The summed E-state index contributed by atoms with van der Waals surface area (Å²) >= 11 is 8.12. The number of hydrogen-bond donors (Lipinski definition) is 0. The Morgan fingerprint density at radius 1 is 1.29 bits per heavy atom. The highest BCUT2D eigenvalue weighted by atomic mass is 35.5. The predicted octanol–water partition coefficient (Wildman–Crippen LogP) is 5.51. The average Bonchev–Trinajstić information content (AvgIpc) is 3.05. The minimum atomic E-state index is -0.0956. The third kappa shape index (κ3) is 2.72. The lowest BCUT2D eigenvalue weighted by Crippen LogP contribution is -2.12. The second-order valence-electron chi connectivity index (χ2n) is 5.58. The van der Waals surface area contributed by atoms with Crippen molar-refractivity contribution in [1.82, 2.24) is 9.55 Å². The maximum atomic E-state index is 6.38. The van der Waals surface area contributed by atoms with Crippen LogP contribution in [-0.2, 0) is 6.42 Å². The molecule has 0 radical (unpaired) electrons. The van der Waals surface area contributed by atoms with E-state index in [4.69, 9.17) is 16.6 Å². The normalized spacial score (nSPS) is 14.5. The Labute approximate surface area is 134 Å². The number of imidazole rings is 1. The number of rotatable bonds is 4. The third-order valence-electron chi connectivity index (χ3n) is 3.86. The highest BCUT2D eigenvalue weighted by molar-refractivity contribution is 7.07. The second-order valence-corrected chi connectivity index (χ2v) is 7.02. The molecule has 0 saturated heterocycles. The van der Waals surface area contributed by atoms with Crippen molar-refractivity contribution in [3.05, 3.63) is 52.0 Å². The lowest BCUT2D eigenvalue weighted by molar-refractivity contribution is 0.535. The largest absolute Gasteiger partial charge is 0.324 e. The number of fused-ring (bicyclic) bond motifs is 1. The first kappa shape index (κ1) is 14.6. The summed E-state index contributed by atoms with van der Waals surface area (Å²) in [5.74, 6) is 0.962. The number of para-hydroxylation sites is 1. The molecule has 0 amide bonds. The van der Waals surface area contributed by atoms with E-state index >= 15 is 0 Å². The van der Waals surface area contributed by atoms with E-state index in [0.29, 0.717) is 6.04 Å². The molecule has 110 valence electrons.